The Bertz CT molecular complexity index is 1030. The summed E-state index contributed by atoms with van der Waals surface area (Å²) >= 11 is 0. The summed E-state index contributed by atoms with van der Waals surface area (Å²) < 4.78 is 6.66. The fourth-order valence-electron chi connectivity index (χ4n) is 8.68. The summed E-state index contributed by atoms with van der Waals surface area (Å²) in [7, 11) is 4.22. The van der Waals surface area contributed by atoms with Crippen molar-refractivity contribution in [3.8, 4) is 0 Å². The summed E-state index contributed by atoms with van der Waals surface area (Å²) in [5.74, 6) is 2.58. The largest absolute Gasteiger partial charge is 0.378 e. The predicted molar refractivity (Wildman–Crippen MR) is 133 cm³/mol. The van der Waals surface area contributed by atoms with E-state index in [4.69, 9.17) is 4.74 Å². The van der Waals surface area contributed by atoms with E-state index in [-0.39, 0.29) is 11.0 Å². The van der Waals surface area contributed by atoms with E-state index >= 15 is 0 Å². The number of ketones is 1. The maximum absolute atomic E-state index is 12.4. The second-order valence-corrected chi connectivity index (χ2v) is 12.0. The number of anilines is 1. The number of carbonyl (C=O) groups is 1. The molecule has 0 aromatic heterocycles. The first-order chi connectivity index (χ1) is 15.8. The zero-order valence-electron chi connectivity index (χ0n) is 20.8. The summed E-state index contributed by atoms with van der Waals surface area (Å²) in [6, 6.07) is 9.32. The number of fused-ring (bicyclic) bond motifs is 5. The third-order valence-corrected chi connectivity index (χ3v) is 10.3. The molecule has 1 saturated heterocycles. The van der Waals surface area contributed by atoms with Gasteiger partial charge >= 0.3 is 0 Å². The molecule has 3 nitrogen and oxygen atoms in total. The number of ether oxygens (including phenoxy) is 1. The lowest BCUT2D eigenvalue weighted by molar-refractivity contribution is -0.115. The van der Waals surface area contributed by atoms with Crippen molar-refractivity contribution in [3.63, 3.8) is 0 Å². The fraction of sp³-hybridized carbons (Fsp3) is 0.633. The van der Waals surface area contributed by atoms with Gasteiger partial charge in [0, 0.05) is 44.1 Å². The lowest BCUT2D eigenvalue weighted by Gasteiger charge is -2.56. The molecule has 0 N–H and O–H groups in total. The van der Waals surface area contributed by atoms with Crippen molar-refractivity contribution in [3.05, 3.63) is 52.6 Å². The smallest absolute Gasteiger partial charge is 0.156 e. The molecule has 1 heterocycles. The Hall–Kier alpha value is -1.87. The lowest BCUT2D eigenvalue weighted by Crippen LogP contribution is -2.51. The van der Waals surface area contributed by atoms with Gasteiger partial charge in [0.25, 0.3) is 0 Å². The molecular formula is C30H39NO2. The molecule has 1 aliphatic heterocycles. The van der Waals surface area contributed by atoms with Gasteiger partial charge in [-0.05, 0) is 97.6 Å². The normalized spacial score (nSPS) is 39.9. The van der Waals surface area contributed by atoms with Crippen molar-refractivity contribution in [2.45, 2.75) is 76.7 Å². The molecule has 5 aliphatic rings. The molecule has 176 valence electrons. The minimum absolute atomic E-state index is 0.0809. The highest BCUT2D eigenvalue weighted by Gasteiger charge is 2.64. The fourth-order valence-corrected chi connectivity index (χ4v) is 8.68. The summed E-state index contributed by atoms with van der Waals surface area (Å²) in [5, 5.41) is 0. The minimum Gasteiger partial charge on any atom is -0.378 e. The zero-order valence-corrected chi connectivity index (χ0v) is 20.8. The standard InChI is InChI=1S/C30H39NO2/c1-19-16-25-27-12-14-30(13-5-15-33-30)29(27,2)18-26(20-6-8-21(9-7-20)31(3)4)28(25)23-11-10-22(32)17-24(19)23/h6-9,17,19,25-27H,5,10-16,18H2,1-4H3/t19-,25?,26-,27?,29+,30+/m1/s1. The van der Waals surface area contributed by atoms with E-state index in [1.54, 1.807) is 11.1 Å². The summed E-state index contributed by atoms with van der Waals surface area (Å²) in [4.78, 5) is 14.5. The van der Waals surface area contributed by atoms with E-state index in [9.17, 15) is 4.79 Å². The van der Waals surface area contributed by atoms with Gasteiger partial charge in [-0.1, -0.05) is 31.6 Å². The zero-order chi connectivity index (χ0) is 23.0. The van der Waals surface area contributed by atoms with Crippen LogP contribution in [0.3, 0.4) is 0 Å². The van der Waals surface area contributed by atoms with Crippen LogP contribution in [-0.4, -0.2) is 32.1 Å². The highest BCUT2D eigenvalue weighted by atomic mass is 16.5. The quantitative estimate of drug-likeness (QED) is 0.524. The molecule has 1 spiro atoms. The van der Waals surface area contributed by atoms with Gasteiger partial charge in [0.05, 0.1) is 5.60 Å². The van der Waals surface area contributed by atoms with E-state index in [1.165, 1.54) is 55.3 Å². The molecule has 1 aromatic rings. The molecule has 3 heteroatoms. The second kappa shape index (κ2) is 7.57. The van der Waals surface area contributed by atoms with Gasteiger partial charge in [-0.3, -0.25) is 4.79 Å². The summed E-state index contributed by atoms with van der Waals surface area (Å²) in [6.45, 7) is 5.89. The molecule has 6 rings (SSSR count). The Labute approximate surface area is 199 Å². The lowest BCUT2D eigenvalue weighted by atomic mass is 9.50. The molecule has 4 aliphatic carbocycles. The molecule has 0 bridgehead atoms. The maximum Gasteiger partial charge on any atom is 0.156 e. The van der Waals surface area contributed by atoms with Crippen LogP contribution in [0.2, 0.25) is 0 Å². The third-order valence-electron chi connectivity index (χ3n) is 10.3. The highest BCUT2D eigenvalue weighted by molar-refractivity contribution is 5.93. The van der Waals surface area contributed by atoms with Gasteiger partial charge in [0.15, 0.2) is 5.78 Å². The van der Waals surface area contributed by atoms with Gasteiger partial charge in [0.2, 0.25) is 0 Å². The average molecular weight is 446 g/mol. The van der Waals surface area contributed by atoms with Gasteiger partial charge in [-0.25, -0.2) is 0 Å². The van der Waals surface area contributed by atoms with Crippen molar-refractivity contribution < 1.29 is 9.53 Å². The maximum atomic E-state index is 12.4. The monoisotopic (exact) mass is 445 g/mol. The van der Waals surface area contributed by atoms with Gasteiger partial charge in [-0.2, -0.15) is 0 Å². The number of hydrogen-bond donors (Lipinski definition) is 0. The Morgan fingerprint density at radius 2 is 1.88 bits per heavy atom. The Morgan fingerprint density at radius 3 is 2.58 bits per heavy atom. The molecular weight excluding hydrogens is 406 g/mol. The number of rotatable bonds is 2. The third kappa shape index (κ3) is 3.07. The van der Waals surface area contributed by atoms with Gasteiger partial charge < -0.3 is 9.64 Å². The van der Waals surface area contributed by atoms with E-state index in [2.05, 4.69) is 57.1 Å². The molecule has 2 unspecified atom stereocenters. The minimum atomic E-state index is 0.0809. The first-order valence-corrected chi connectivity index (χ1v) is 13.2. The van der Waals surface area contributed by atoms with Crippen molar-refractivity contribution in [2.75, 3.05) is 25.6 Å². The van der Waals surface area contributed by atoms with Crippen LogP contribution in [0.1, 0.15) is 76.7 Å². The van der Waals surface area contributed by atoms with Crippen LogP contribution in [0.5, 0.6) is 0 Å². The predicted octanol–water partition coefficient (Wildman–Crippen LogP) is 6.45. The van der Waals surface area contributed by atoms with Crippen molar-refractivity contribution in [1.82, 2.24) is 0 Å². The Balaban J connectivity index is 1.51. The first-order valence-electron chi connectivity index (χ1n) is 13.2. The molecule has 6 atom stereocenters. The van der Waals surface area contributed by atoms with E-state index < -0.39 is 0 Å². The van der Waals surface area contributed by atoms with Crippen LogP contribution in [0.4, 0.5) is 5.69 Å². The van der Waals surface area contributed by atoms with Crippen LogP contribution >= 0.6 is 0 Å². The van der Waals surface area contributed by atoms with Gasteiger partial charge in [0.1, 0.15) is 0 Å². The van der Waals surface area contributed by atoms with Crippen LogP contribution < -0.4 is 4.90 Å². The van der Waals surface area contributed by atoms with E-state index in [0.717, 1.165) is 13.0 Å². The molecule has 33 heavy (non-hydrogen) atoms. The number of benzene rings is 1. The van der Waals surface area contributed by atoms with Crippen LogP contribution in [-0.2, 0) is 9.53 Å². The summed E-state index contributed by atoms with van der Waals surface area (Å²) in [6.07, 6.45) is 11.0. The molecule has 3 fully saturated rings. The van der Waals surface area contributed by atoms with Crippen LogP contribution in [0.25, 0.3) is 0 Å². The van der Waals surface area contributed by atoms with Gasteiger partial charge in [-0.15, -0.1) is 0 Å². The Morgan fingerprint density at radius 1 is 1.09 bits per heavy atom. The summed E-state index contributed by atoms with van der Waals surface area (Å²) in [5.41, 5.74) is 7.63. The average Bonchev–Trinajstić information content (AvgIpc) is 3.39. The molecule has 0 amide bonds. The second-order valence-electron chi connectivity index (χ2n) is 12.0. The Kier molecular flexibility index (Phi) is 4.96. The van der Waals surface area contributed by atoms with Crippen LogP contribution in [0, 0.1) is 23.2 Å². The number of allylic oxidation sites excluding steroid dienone is 4. The van der Waals surface area contributed by atoms with Crippen LogP contribution in [0.15, 0.2) is 47.1 Å². The molecule has 1 aromatic carbocycles. The van der Waals surface area contributed by atoms with E-state index in [0.29, 0.717) is 35.9 Å². The number of nitrogens with zero attached hydrogens (tertiary/aromatic N) is 1. The van der Waals surface area contributed by atoms with Crippen molar-refractivity contribution in [2.24, 2.45) is 23.2 Å². The van der Waals surface area contributed by atoms with Crippen molar-refractivity contribution in [1.29, 1.82) is 0 Å². The topological polar surface area (TPSA) is 29.5 Å². The first kappa shape index (κ1) is 21.6. The number of carbonyl (C=O) groups excluding carboxylic acids is 1. The number of hydrogen-bond acceptors (Lipinski definition) is 3. The molecule has 0 radical (unpaired) electrons. The molecule has 2 saturated carbocycles. The van der Waals surface area contributed by atoms with Crippen molar-refractivity contribution >= 4 is 11.5 Å². The van der Waals surface area contributed by atoms with E-state index in [1.807, 2.05) is 6.08 Å². The highest BCUT2D eigenvalue weighted by Crippen LogP contribution is 2.69. The SMILES string of the molecule is C[C@@H]1CC2C(=C3CCC(=O)C=C31)[C@@H](c1ccc(N(C)C)cc1)C[C@@]1(C)C2CC[C@@]12CCCO2.